The van der Waals surface area contributed by atoms with Crippen LogP contribution in [0.1, 0.15) is 26.2 Å². The summed E-state index contributed by atoms with van der Waals surface area (Å²) in [5.74, 6) is 0.327. The third-order valence-corrected chi connectivity index (χ3v) is 4.73. The highest BCUT2D eigenvalue weighted by Crippen LogP contribution is 2.24. The van der Waals surface area contributed by atoms with Crippen LogP contribution in [0, 0.1) is 5.82 Å². The van der Waals surface area contributed by atoms with E-state index >= 15 is 0 Å². The number of aromatic nitrogens is 3. The third kappa shape index (κ3) is 3.67. The average molecular weight is 346 g/mol. The van der Waals surface area contributed by atoms with E-state index in [-0.39, 0.29) is 17.5 Å². The standard InChI is InChI=1S/C17H19FN4OS/c1-2-22(12-7-3-4-8-12)15(23)11-24-17-19-16(20-21-17)13-9-5-6-10-14(13)18/h5-7,9-10H,2-4,8,11H2,1H3,(H,19,20,21). The van der Waals surface area contributed by atoms with Gasteiger partial charge in [0.1, 0.15) is 5.82 Å². The van der Waals surface area contributed by atoms with Gasteiger partial charge in [-0.3, -0.25) is 9.89 Å². The molecule has 2 aromatic rings. The average Bonchev–Trinajstić information content (AvgIpc) is 3.26. The van der Waals surface area contributed by atoms with Crippen molar-refractivity contribution < 1.29 is 9.18 Å². The fourth-order valence-electron chi connectivity index (χ4n) is 2.73. The van der Waals surface area contributed by atoms with Gasteiger partial charge in [-0.2, -0.15) is 0 Å². The van der Waals surface area contributed by atoms with Crippen molar-refractivity contribution in [3.63, 3.8) is 0 Å². The number of H-pyrrole nitrogens is 1. The second-order valence-electron chi connectivity index (χ2n) is 5.46. The lowest BCUT2D eigenvalue weighted by atomic mass is 10.2. The Morgan fingerprint density at radius 2 is 2.25 bits per heavy atom. The quantitative estimate of drug-likeness (QED) is 0.812. The van der Waals surface area contributed by atoms with Crippen molar-refractivity contribution in [3.05, 3.63) is 41.9 Å². The number of nitrogens with one attached hydrogen (secondary N) is 1. The Labute approximate surface area is 144 Å². The molecule has 24 heavy (non-hydrogen) atoms. The molecule has 0 saturated carbocycles. The van der Waals surface area contributed by atoms with Gasteiger partial charge >= 0.3 is 0 Å². The fraction of sp³-hybridized carbons (Fsp3) is 0.353. The number of hydrogen-bond acceptors (Lipinski definition) is 4. The van der Waals surface area contributed by atoms with Crippen LogP contribution in [0.3, 0.4) is 0 Å². The number of aromatic amines is 1. The van der Waals surface area contributed by atoms with Gasteiger partial charge in [0, 0.05) is 12.2 Å². The van der Waals surface area contributed by atoms with E-state index in [1.807, 2.05) is 11.8 Å². The first kappa shape index (κ1) is 16.7. The number of halogens is 1. The van der Waals surface area contributed by atoms with E-state index in [4.69, 9.17) is 0 Å². The summed E-state index contributed by atoms with van der Waals surface area (Å²) in [5.41, 5.74) is 1.49. The molecule has 126 valence electrons. The number of allylic oxidation sites excluding steroid dienone is 2. The van der Waals surface area contributed by atoms with E-state index in [0.29, 0.717) is 23.1 Å². The summed E-state index contributed by atoms with van der Waals surface area (Å²) in [5, 5.41) is 7.23. The van der Waals surface area contributed by atoms with Crippen LogP contribution in [0.15, 0.2) is 41.2 Å². The molecule has 0 aliphatic heterocycles. The molecular formula is C17H19FN4OS. The topological polar surface area (TPSA) is 61.9 Å². The number of carbonyl (C=O) groups excluding carboxylic acids is 1. The van der Waals surface area contributed by atoms with Gasteiger partial charge in [-0.05, 0) is 38.3 Å². The van der Waals surface area contributed by atoms with Gasteiger partial charge in [-0.25, -0.2) is 9.37 Å². The van der Waals surface area contributed by atoms with Gasteiger partial charge in [0.2, 0.25) is 11.1 Å². The smallest absolute Gasteiger partial charge is 0.237 e. The Bertz CT molecular complexity index is 759. The minimum atomic E-state index is -0.355. The summed E-state index contributed by atoms with van der Waals surface area (Å²) in [7, 11) is 0. The highest BCUT2D eigenvalue weighted by atomic mass is 32.2. The van der Waals surface area contributed by atoms with Crippen molar-refractivity contribution in [2.75, 3.05) is 12.3 Å². The lowest BCUT2D eigenvalue weighted by molar-refractivity contribution is -0.126. The molecular weight excluding hydrogens is 327 g/mol. The molecule has 0 spiro atoms. The Kier molecular flexibility index (Phi) is 5.30. The monoisotopic (exact) mass is 346 g/mol. The predicted octanol–water partition coefficient (Wildman–Crippen LogP) is 3.62. The van der Waals surface area contributed by atoms with Crippen LogP contribution in [0.25, 0.3) is 11.4 Å². The zero-order chi connectivity index (χ0) is 16.9. The highest BCUT2D eigenvalue weighted by Gasteiger charge is 2.19. The number of benzene rings is 1. The van der Waals surface area contributed by atoms with E-state index < -0.39 is 0 Å². The summed E-state index contributed by atoms with van der Waals surface area (Å²) in [4.78, 5) is 18.5. The lowest BCUT2D eigenvalue weighted by Crippen LogP contribution is -2.31. The van der Waals surface area contributed by atoms with E-state index in [2.05, 4.69) is 21.3 Å². The zero-order valence-corrected chi connectivity index (χ0v) is 14.3. The van der Waals surface area contributed by atoms with Gasteiger partial charge in [-0.1, -0.05) is 30.0 Å². The molecule has 1 aliphatic carbocycles. The fourth-order valence-corrected chi connectivity index (χ4v) is 3.40. The molecule has 1 N–H and O–H groups in total. The molecule has 0 atom stereocenters. The zero-order valence-electron chi connectivity index (χ0n) is 13.5. The summed E-state index contributed by atoms with van der Waals surface area (Å²) in [6.07, 6.45) is 5.25. The first-order valence-corrected chi connectivity index (χ1v) is 8.97. The van der Waals surface area contributed by atoms with Gasteiger partial charge in [0.25, 0.3) is 0 Å². The van der Waals surface area contributed by atoms with Crippen LogP contribution in [0.2, 0.25) is 0 Å². The van der Waals surface area contributed by atoms with E-state index in [1.165, 1.54) is 17.8 Å². The predicted molar refractivity (Wildman–Crippen MR) is 91.8 cm³/mol. The van der Waals surface area contributed by atoms with E-state index in [1.54, 1.807) is 18.2 Å². The van der Waals surface area contributed by atoms with Crippen LogP contribution >= 0.6 is 11.8 Å². The number of carbonyl (C=O) groups is 1. The Hall–Kier alpha value is -2.15. The number of nitrogens with zero attached hydrogens (tertiary/aromatic N) is 3. The normalized spacial score (nSPS) is 13.8. The minimum Gasteiger partial charge on any atom is -0.316 e. The SMILES string of the molecule is CCN(C(=O)CSc1n[nH]c(-c2ccccc2F)n1)C1=CCCC1. The van der Waals surface area contributed by atoms with Gasteiger partial charge in [0.05, 0.1) is 11.3 Å². The number of rotatable bonds is 6. The largest absolute Gasteiger partial charge is 0.316 e. The maximum Gasteiger partial charge on any atom is 0.237 e. The molecule has 1 aromatic heterocycles. The maximum absolute atomic E-state index is 13.8. The molecule has 0 bridgehead atoms. The van der Waals surface area contributed by atoms with E-state index in [9.17, 15) is 9.18 Å². The summed E-state index contributed by atoms with van der Waals surface area (Å²) < 4.78 is 13.8. The van der Waals surface area contributed by atoms with Crippen molar-refractivity contribution in [2.24, 2.45) is 0 Å². The second kappa shape index (κ2) is 7.61. The summed E-state index contributed by atoms with van der Waals surface area (Å²) in [6.45, 7) is 2.64. The molecule has 1 aromatic carbocycles. The molecule has 0 saturated heterocycles. The summed E-state index contributed by atoms with van der Waals surface area (Å²) in [6, 6.07) is 6.38. The van der Waals surface area contributed by atoms with Crippen molar-refractivity contribution in [1.82, 2.24) is 20.1 Å². The molecule has 1 aliphatic rings. The highest BCUT2D eigenvalue weighted by molar-refractivity contribution is 7.99. The lowest BCUT2D eigenvalue weighted by Gasteiger charge is -2.21. The van der Waals surface area contributed by atoms with Crippen molar-refractivity contribution in [1.29, 1.82) is 0 Å². The first-order chi connectivity index (χ1) is 11.7. The Morgan fingerprint density at radius 1 is 1.42 bits per heavy atom. The van der Waals surface area contributed by atoms with Crippen molar-refractivity contribution in [2.45, 2.75) is 31.3 Å². The second-order valence-corrected chi connectivity index (χ2v) is 6.40. The molecule has 0 unspecified atom stereocenters. The Morgan fingerprint density at radius 3 is 2.96 bits per heavy atom. The minimum absolute atomic E-state index is 0.0490. The van der Waals surface area contributed by atoms with Crippen LogP contribution in [-0.4, -0.2) is 38.3 Å². The molecule has 7 heteroatoms. The Balaban J connectivity index is 1.63. The van der Waals surface area contributed by atoms with Crippen LogP contribution in [0.5, 0.6) is 0 Å². The number of hydrogen-bond donors (Lipinski definition) is 1. The molecule has 0 radical (unpaired) electrons. The van der Waals surface area contributed by atoms with Crippen molar-refractivity contribution >= 4 is 17.7 Å². The van der Waals surface area contributed by atoms with E-state index in [0.717, 1.165) is 25.0 Å². The van der Waals surface area contributed by atoms with Gasteiger partial charge < -0.3 is 4.90 Å². The number of amides is 1. The molecule has 1 heterocycles. The number of thioether (sulfide) groups is 1. The van der Waals surface area contributed by atoms with Gasteiger partial charge in [0.15, 0.2) is 5.82 Å². The molecule has 1 amide bonds. The molecule has 5 nitrogen and oxygen atoms in total. The molecule has 0 fully saturated rings. The van der Waals surface area contributed by atoms with Crippen molar-refractivity contribution in [3.8, 4) is 11.4 Å². The first-order valence-electron chi connectivity index (χ1n) is 7.98. The van der Waals surface area contributed by atoms with Crippen LogP contribution < -0.4 is 0 Å². The maximum atomic E-state index is 13.8. The third-order valence-electron chi connectivity index (χ3n) is 3.90. The molecule has 3 rings (SSSR count). The van der Waals surface area contributed by atoms with Crippen LogP contribution in [0.4, 0.5) is 4.39 Å². The summed E-state index contributed by atoms with van der Waals surface area (Å²) >= 11 is 1.26. The van der Waals surface area contributed by atoms with Crippen LogP contribution in [-0.2, 0) is 4.79 Å². The van der Waals surface area contributed by atoms with Gasteiger partial charge in [-0.15, -0.1) is 5.10 Å².